The molecule has 25 heavy (non-hydrogen) atoms. The Hall–Kier alpha value is -1.84. The lowest BCUT2D eigenvalue weighted by Gasteiger charge is -2.12. The number of pyridine rings is 1. The number of hydrogen-bond acceptors (Lipinski definition) is 5. The van der Waals surface area contributed by atoms with Crippen molar-refractivity contribution in [2.45, 2.75) is 39.8 Å². The summed E-state index contributed by atoms with van der Waals surface area (Å²) in [5.41, 5.74) is 2.84. The van der Waals surface area contributed by atoms with Crippen molar-refractivity contribution in [2.75, 3.05) is 14.2 Å². The number of nitrogens with zero attached hydrogens (tertiary/aromatic N) is 3. The van der Waals surface area contributed by atoms with Crippen LogP contribution in [0, 0.1) is 6.92 Å². The fourth-order valence-corrected chi connectivity index (χ4v) is 2.13. The van der Waals surface area contributed by atoms with E-state index in [0.717, 1.165) is 22.7 Å². The van der Waals surface area contributed by atoms with Crippen molar-refractivity contribution in [1.82, 2.24) is 20.8 Å². The molecular weight excluding hydrogens is 433 g/mol. The van der Waals surface area contributed by atoms with Crippen LogP contribution in [0.3, 0.4) is 0 Å². The predicted molar refractivity (Wildman–Crippen MR) is 109 cm³/mol. The van der Waals surface area contributed by atoms with Crippen molar-refractivity contribution in [1.29, 1.82) is 0 Å². The number of halogens is 1. The zero-order valence-electron chi connectivity index (χ0n) is 15.3. The van der Waals surface area contributed by atoms with E-state index in [9.17, 15) is 0 Å². The zero-order valence-corrected chi connectivity index (χ0v) is 17.6. The Morgan fingerprint density at radius 3 is 2.60 bits per heavy atom. The van der Waals surface area contributed by atoms with E-state index in [0.29, 0.717) is 30.8 Å². The van der Waals surface area contributed by atoms with Crippen LogP contribution in [-0.2, 0) is 13.1 Å². The summed E-state index contributed by atoms with van der Waals surface area (Å²) >= 11 is 0. The van der Waals surface area contributed by atoms with Gasteiger partial charge in [0.25, 0.3) is 0 Å². The third kappa shape index (κ3) is 6.18. The van der Waals surface area contributed by atoms with Gasteiger partial charge in [-0.3, -0.25) is 4.99 Å². The molecule has 138 valence electrons. The largest absolute Gasteiger partial charge is 0.481 e. The topological polar surface area (TPSA) is 84.6 Å². The SMILES string of the molecule is CN=C(NCc1cc(C(C)C)no1)NCc1ccc(C)nc1OC.I. The lowest BCUT2D eigenvalue weighted by molar-refractivity contribution is 0.371. The molecule has 2 rings (SSSR count). The van der Waals surface area contributed by atoms with Crippen LogP contribution in [0.1, 0.15) is 42.5 Å². The Bertz CT molecular complexity index is 700. The summed E-state index contributed by atoms with van der Waals surface area (Å²) in [6.45, 7) is 7.17. The normalized spacial score (nSPS) is 11.2. The summed E-state index contributed by atoms with van der Waals surface area (Å²) in [5.74, 6) is 2.41. The average Bonchev–Trinajstić information content (AvgIpc) is 3.05. The van der Waals surface area contributed by atoms with Gasteiger partial charge in [-0.15, -0.1) is 24.0 Å². The summed E-state index contributed by atoms with van der Waals surface area (Å²) in [6, 6.07) is 5.91. The second kappa shape index (κ2) is 10.2. The maximum absolute atomic E-state index is 5.31. The molecule has 0 aliphatic carbocycles. The molecule has 7 nitrogen and oxygen atoms in total. The summed E-state index contributed by atoms with van der Waals surface area (Å²) in [7, 11) is 3.34. The van der Waals surface area contributed by atoms with Crippen LogP contribution in [0.2, 0.25) is 0 Å². The number of guanidine groups is 1. The number of aliphatic imine (C=N–C) groups is 1. The van der Waals surface area contributed by atoms with E-state index < -0.39 is 0 Å². The molecule has 0 amide bonds. The highest BCUT2D eigenvalue weighted by molar-refractivity contribution is 14.0. The highest BCUT2D eigenvalue weighted by Gasteiger charge is 2.09. The van der Waals surface area contributed by atoms with Crippen LogP contribution >= 0.6 is 24.0 Å². The van der Waals surface area contributed by atoms with Crippen molar-refractivity contribution in [3.8, 4) is 5.88 Å². The minimum Gasteiger partial charge on any atom is -0.481 e. The fourth-order valence-electron chi connectivity index (χ4n) is 2.13. The summed E-state index contributed by atoms with van der Waals surface area (Å²) < 4.78 is 10.6. The Kier molecular flexibility index (Phi) is 8.67. The third-order valence-corrected chi connectivity index (χ3v) is 3.54. The molecule has 2 aromatic heterocycles. The predicted octanol–water partition coefficient (Wildman–Crippen LogP) is 2.99. The monoisotopic (exact) mass is 459 g/mol. The molecule has 2 aromatic rings. The van der Waals surface area contributed by atoms with E-state index >= 15 is 0 Å². The van der Waals surface area contributed by atoms with Crippen LogP contribution in [0.5, 0.6) is 5.88 Å². The number of nitrogens with one attached hydrogen (secondary N) is 2. The van der Waals surface area contributed by atoms with Gasteiger partial charge in [0.2, 0.25) is 5.88 Å². The molecule has 0 radical (unpaired) electrons. The first-order valence-corrected chi connectivity index (χ1v) is 7.94. The molecule has 0 spiro atoms. The molecule has 2 N–H and O–H groups in total. The van der Waals surface area contributed by atoms with E-state index in [4.69, 9.17) is 9.26 Å². The first-order chi connectivity index (χ1) is 11.5. The van der Waals surface area contributed by atoms with Crippen molar-refractivity contribution in [3.05, 3.63) is 40.9 Å². The van der Waals surface area contributed by atoms with Gasteiger partial charge in [-0.2, -0.15) is 0 Å². The van der Waals surface area contributed by atoms with Gasteiger partial charge < -0.3 is 19.9 Å². The standard InChI is InChI=1S/C17H25N5O2.HI/c1-11(2)15-8-14(24-22-15)10-20-17(18-4)19-9-13-7-6-12(3)21-16(13)23-5;/h6-8,11H,9-10H2,1-5H3,(H2,18,19,20);1H. The zero-order chi connectivity index (χ0) is 17.5. The second-order valence-corrected chi connectivity index (χ2v) is 5.77. The highest BCUT2D eigenvalue weighted by atomic mass is 127. The number of ether oxygens (including phenoxy) is 1. The smallest absolute Gasteiger partial charge is 0.218 e. The first kappa shape index (κ1) is 21.2. The highest BCUT2D eigenvalue weighted by Crippen LogP contribution is 2.15. The van der Waals surface area contributed by atoms with Gasteiger partial charge in [0.05, 0.1) is 19.3 Å². The van der Waals surface area contributed by atoms with Crippen LogP contribution in [0.4, 0.5) is 0 Å². The Labute approximate surface area is 165 Å². The van der Waals surface area contributed by atoms with Gasteiger partial charge in [0.1, 0.15) is 0 Å². The molecule has 2 heterocycles. The van der Waals surface area contributed by atoms with E-state index in [1.54, 1.807) is 14.2 Å². The van der Waals surface area contributed by atoms with Crippen molar-refractivity contribution in [3.63, 3.8) is 0 Å². The van der Waals surface area contributed by atoms with E-state index in [1.807, 2.05) is 25.1 Å². The Morgan fingerprint density at radius 2 is 2.00 bits per heavy atom. The van der Waals surface area contributed by atoms with E-state index in [-0.39, 0.29) is 24.0 Å². The fraction of sp³-hybridized carbons (Fsp3) is 0.471. The van der Waals surface area contributed by atoms with Gasteiger partial charge in [-0.05, 0) is 18.9 Å². The molecule has 0 bridgehead atoms. The van der Waals surface area contributed by atoms with Crippen LogP contribution in [0.25, 0.3) is 0 Å². The average molecular weight is 459 g/mol. The Balaban J connectivity index is 0.00000312. The number of rotatable bonds is 6. The van der Waals surface area contributed by atoms with Crippen molar-refractivity contribution in [2.24, 2.45) is 4.99 Å². The minimum atomic E-state index is 0. The first-order valence-electron chi connectivity index (χ1n) is 7.94. The lowest BCUT2D eigenvalue weighted by Crippen LogP contribution is -2.36. The third-order valence-electron chi connectivity index (χ3n) is 3.54. The molecule has 0 aliphatic rings. The van der Waals surface area contributed by atoms with Crippen molar-refractivity contribution >= 4 is 29.9 Å². The molecule has 0 aromatic carbocycles. The van der Waals surface area contributed by atoms with E-state index in [1.165, 1.54) is 0 Å². The molecular formula is C17H26IN5O2. The van der Waals surface area contributed by atoms with Gasteiger partial charge in [-0.1, -0.05) is 25.1 Å². The number of hydrogen-bond donors (Lipinski definition) is 2. The lowest BCUT2D eigenvalue weighted by atomic mass is 10.1. The maximum atomic E-state index is 5.31. The summed E-state index contributed by atoms with van der Waals surface area (Å²) in [4.78, 5) is 8.57. The number of aromatic nitrogens is 2. The molecule has 0 fully saturated rings. The van der Waals surface area contributed by atoms with Crippen LogP contribution < -0.4 is 15.4 Å². The number of aryl methyl sites for hydroxylation is 1. The molecule has 0 saturated heterocycles. The van der Waals surface area contributed by atoms with Gasteiger partial charge >= 0.3 is 0 Å². The van der Waals surface area contributed by atoms with Gasteiger partial charge in [0.15, 0.2) is 11.7 Å². The second-order valence-electron chi connectivity index (χ2n) is 5.77. The minimum absolute atomic E-state index is 0. The van der Waals surface area contributed by atoms with Gasteiger partial charge in [-0.25, -0.2) is 4.98 Å². The maximum Gasteiger partial charge on any atom is 0.218 e. The number of methoxy groups -OCH3 is 1. The van der Waals surface area contributed by atoms with Crippen LogP contribution in [-0.4, -0.2) is 30.3 Å². The van der Waals surface area contributed by atoms with Gasteiger partial charge in [0, 0.05) is 30.9 Å². The molecule has 8 heteroatoms. The van der Waals surface area contributed by atoms with Crippen LogP contribution in [0.15, 0.2) is 27.7 Å². The summed E-state index contributed by atoms with van der Waals surface area (Å²) in [5, 5.41) is 10.5. The molecule has 0 unspecified atom stereocenters. The molecule has 0 atom stereocenters. The quantitative estimate of drug-likeness (QED) is 0.393. The molecule has 0 aliphatic heterocycles. The van der Waals surface area contributed by atoms with Crippen molar-refractivity contribution < 1.29 is 9.26 Å². The van der Waals surface area contributed by atoms with E-state index in [2.05, 4.69) is 39.6 Å². The molecule has 0 saturated carbocycles. The Morgan fingerprint density at radius 1 is 1.28 bits per heavy atom. The summed E-state index contributed by atoms with van der Waals surface area (Å²) in [6.07, 6.45) is 0.